The van der Waals surface area contributed by atoms with Crippen LogP contribution in [0.4, 0.5) is 0 Å². The van der Waals surface area contributed by atoms with Crippen molar-refractivity contribution >= 4 is 94.4 Å². The number of hydrogen-bond donors (Lipinski definition) is 0. The summed E-state index contributed by atoms with van der Waals surface area (Å²) in [5.41, 5.74) is 0.479. The topological polar surface area (TPSA) is 105 Å². The number of benzene rings is 1. The van der Waals surface area contributed by atoms with Crippen LogP contribution in [0.3, 0.4) is 0 Å². The molecule has 1 aromatic rings. The van der Waals surface area contributed by atoms with Gasteiger partial charge in [0.2, 0.25) is 0 Å². The van der Waals surface area contributed by atoms with Crippen LogP contribution in [0.15, 0.2) is 49.6 Å². The van der Waals surface area contributed by atoms with Crippen LogP contribution >= 0.6 is 70.6 Å². The average Bonchev–Trinajstić information content (AvgIpc) is 3.73. The number of carbonyl (C=O) groups is 4. The second kappa shape index (κ2) is 19.9. The number of esters is 4. The van der Waals surface area contributed by atoms with Gasteiger partial charge in [-0.15, -0.1) is 47.0 Å². The van der Waals surface area contributed by atoms with Crippen LogP contribution in [-0.2, 0) is 28.5 Å². The lowest BCUT2D eigenvalue weighted by Gasteiger charge is -2.18. The normalized spacial score (nSPS) is 16.8. The fourth-order valence-electron chi connectivity index (χ4n) is 3.50. The molecule has 3 rings (SSSR count). The molecule has 42 heavy (non-hydrogen) atoms. The highest BCUT2D eigenvalue weighted by molar-refractivity contribution is 8.21. The van der Waals surface area contributed by atoms with Crippen molar-refractivity contribution in [3.8, 4) is 0 Å². The van der Waals surface area contributed by atoms with Crippen LogP contribution < -0.4 is 0 Å². The monoisotopic (exact) mass is 690 g/mol. The van der Waals surface area contributed by atoms with Gasteiger partial charge in [0.15, 0.2) is 0 Å². The van der Waals surface area contributed by atoms with E-state index in [4.69, 9.17) is 18.9 Å². The highest BCUT2D eigenvalue weighted by Crippen LogP contribution is 2.35. The Labute approximate surface area is 272 Å². The molecule has 0 aliphatic carbocycles. The summed E-state index contributed by atoms with van der Waals surface area (Å²) < 4.78 is 22.6. The molecule has 0 amide bonds. The Balaban J connectivity index is 1.45. The molecule has 2 aliphatic rings. The molecule has 0 N–H and O–H groups in total. The number of carbonyl (C=O) groups excluding carboxylic acids is 4. The summed E-state index contributed by atoms with van der Waals surface area (Å²) in [5, 5.41) is 0. The summed E-state index contributed by atoms with van der Waals surface area (Å²) in [7, 11) is 0. The third-order valence-corrected chi connectivity index (χ3v) is 14.8. The Hall–Kier alpha value is -1.32. The van der Waals surface area contributed by atoms with Crippen LogP contribution in [0.1, 0.15) is 20.7 Å². The minimum Gasteiger partial charge on any atom is -0.458 e. The lowest BCUT2D eigenvalue weighted by molar-refractivity contribution is -0.144. The van der Waals surface area contributed by atoms with Crippen molar-refractivity contribution in [2.75, 3.05) is 59.2 Å². The Kier molecular flexibility index (Phi) is 16.6. The Bertz CT molecular complexity index is 974. The number of rotatable bonds is 18. The molecule has 0 aromatic heterocycles. The molecule has 2 heterocycles. The molecule has 2 fully saturated rings. The molecule has 2 unspecified atom stereocenters. The molecule has 8 nitrogen and oxygen atoms in total. The molecule has 0 spiro atoms. The molecule has 2 aliphatic heterocycles. The SMILES string of the molecule is C=CC(=O)OC(COC(=O)c1ccc(C(=O)OCC(CSCC2SCCS2)OC(=O)C=C)cc1)CSCC1SCCS1. The van der Waals surface area contributed by atoms with Crippen molar-refractivity contribution in [3.05, 3.63) is 60.7 Å². The van der Waals surface area contributed by atoms with E-state index in [0.717, 1.165) is 46.7 Å². The molecule has 2 saturated heterocycles. The summed E-state index contributed by atoms with van der Waals surface area (Å²) in [6.07, 6.45) is 0.956. The highest BCUT2D eigenvalue weighted by Gasteiger charge is 2.22. The Morgan fingerprint density at radius 3 is 1.40 bits per heavy atom. The largest absolute Gasteiger partial charge is 0.458 e. The van der Waals surface area contributed by atoms with Crippen molar-refractivity contribution in [2.24, 2.45) is 0 Å². The molecule has 0 radical (unpaired) electrons. The third-order valence-electron chi connectivity index (χ3n) is 5.55. The van der Waals surface area contributed by atoms with E-state index < -0.39 is 36.1 Å². The third kappa shape index (κ3) is 13.1. The first-order valence-corrected chi connectivity index (χ1v) is 19.6. The van der Waals surface area contributed by atoms with Crippen LogP contribution in [-0.4, -0.2) is 104 Å². The van der Waals surface area contributed by atoms with E-state index in [1.54, 1.807) is 23.5 Å². The summed E-state index contributed by atoms with van der Waals surface area (Å²) in [6, 6.07) is 5.87. The fourth-order valence-corrected chi connectivity index (χ4v) is 12.2. The zero-order valence-corrected chi connectivity index (χ0v) is 27.9. The van der Waals surface area contributed by atoms with Crippen molar-refractivity contribution < 1.29 is 38.1 Å². The molecule has 2 atom stereocenters. The van der Waals surface area contributed by atoms with E-state index in [0.29, 0.717) is 20.7 Å². The van der Waals surface area contributed by atoms with Crippen molar-refractivity contribution in [2.45, 2.75) is 21.4 Å². The molecular weight excluding hydrogens is 657 g/mol. The minimum absolute atomic E-state index is 0.0961. The van der Waals surface area contributed by atoms with Gasteiger partial charge >= 0.3 is 23.9 Å². The summed E-state index contributed by atoms with van der Waals surface area (Å²) in [6.45, 7) is 6.66. The van der Waals surface area contributed by atoms with Crippen molar-refractivity contribution in [3.63, 3.8) is 0 Å². The summed E-state index contributed by atoms with van der Waals surface area (Å²) >= 11 is 11.0. The average molecular weight is 691 g/mol. The Morgan fingerprint density at radius 1 is 0.714 bits per heavy atom. The molecular formula is C28H34O8S6. The van der Waals surface area contributed by atoms with Gasteiger partial charge in [-0.3, -0.25) is 0 Å². The van der Waals surface area contributed by atoms with E-state index in [9.17, 15) is 19.2 Å². The van der Waals surface area contributed by atoms with Crippen molar-refractivity contribution in [1.82, 2.24) is 0 Å². The molecule has 0 bridgehead atoms. The predicted octanol–water partition coefficient (Wildman–Crippen LogP) is 5.27. The van der Waals surface area contributed by atoms with Gasteiger partial charge in [-0.1, -0.05) is 13.2 Å². The summed E-state index contributed by atoms with van der Waals surface area (Å²) in [5.74, 6) is 5.03. The maximum Gasteiger partial charge on any atom is 0.338 e. The molecule has 14 heteroatoms. The highest BCUT2D eigenvalue weighted by atomic mass is 32.2. The first-order chi connectivity index (χ1) is 20.4. The van der Waals surface area contributed by atoms with E-state index in [1.807, 2.05) is 47.0 Å². The molecule has 0 saturated carbocycles. The van der Waals surface area contributed by atoms with E-state index in [2.05, 4.69) is 13.2 Å². The maximum absolute atomic E-state index is 12.6. The zero-order chi connectivity index (χ0) is 30.2. The lowest BCUT2D eigenvalue weighted by atomic mass is 10.1. The smallest absolute Gasteiger partial charge is 0.338 e. The number of hydrogen-bond acceptors (Lipinski definition) is 14. The van der Waals surface area contributed by atoms with Gasteiger partial charge in [0.1, 0.15) is 25.4 Å². The van der Waals surface area contributed by atoms with Gasteiger partial charge in [0.25, 0.3) is 0 Å². The van der Waals surface area contributed by atoms with Gasteiger partial charge in [-0.2, -0.15) is 23.5 Å². The van der Waals surface area contributed by atoms with Gasteiger partial charge in [-0.05, 0) is 24.3 Å². The van der Waals surface area contributed by atoms with Crippen LogP contribution in [0.2, 0.25) is 0 Å². The molecule has 1 aromatic carbocycles. The molecule has 230 valence electrons. The second-order valence-corrected chi connectivity index (χ2v) is 16.7. The van der Waals surface area contributed by atoms with Crippen LogP contribution in [0.25, 0.3) is 0 Å². The van der Waals surface area contributed by atoms with Crippen molar-refractivity contribution in [1.29, 1.82) is 0 Å². The predicted molar refractivity (Wildman–Crippen MR) is 179 cm³/mol. The van der Waals surface area contributed by atoms with E-state index in [1.165, 1.54) is 24.3 Å². The zero-order valence-electron chi connectivity index (χ0n) is 23.0. The quantitative estimate of drug-likeness (QED) is 0.113. The number of ether oxygens (including phenoxy) is 4. The summed E-state index contributed by atoms with van der Waals surface area (Å²) in [4.78, 5) is 48.8. The van der Waals surface area contributed by atoms with Gasteiger partial charge in [0, 0.05) is 58.2 Å². The Morgan fingerprint density at radius 2 is 1.07 bits per heavy atom. The van der Waals surface area contributed by atoms with Gasteiger partial charge in [-0.25, -0.2) is 19.2 Å². The lowest BCUT2D eigenvalue weighted by Crippen LogP contribution is -2.27. The van der Waals surface area contributed by atoms with Crippen LogP contribution in [0.5, 0.6) is 0 Å². The first kappa shape index (κ1) is 35.2. The second-order valence-electron chi connectivity index (χ2n) is 8.72. The van der Waals surface area contributed by atoms with Crippen LogP contribution in [0, 0.1) is 0 Å². The fraction of sp³-hybridized carbons (Fsp3) is 0.500. The first-order valence-electron chi connectivity index (χ1n) is 13.1. The van der Waals surface area contributed by atoms with Gasteiger partial charge < -0.3 is 18.9 Å². The van der Waals surface area contributed by atoms with E-state index in [-0.39, 0.29) is 24.3 Å². The van der Waals surface area contributed by atoms with Gasteiger partial charge in [0.05, 0.1) is 20.3 Å². The maximum atomic E-state index is 12.6. The minimum atomic E-state index is -0.605. The standard InChI is InChI=1S/C28H34O8S6/c1-3-23(29)35-21(15-37-17-25-39-9-10-40-25)13-33-27(31)19-5-7-20(8-6-19)28(32)34-14-22(36-24(30)4-2)16-38-18-26-41-11-12-42-26/h3-8,21-22,25-26H,1-2,9-18H2. The number of thioether (sulfide) groups is 6. The van der Waals surface area contributed by atoms with E-state index >= 15 is 0 Å².